The molecule has 3 nitrogen and oxygen atoms in total. The predicted octanol–water partition coefficient (Wildman–Crippen LogP) is 0.822. The van der Waals surface area contributed by atoms with Gasteiger partial charge >= 0.3 is 0 Å². The third-order valence-corrected chi connectivity index (χ3v) is 1.67. The quantitative estimate of drug-likeness (QED) is 0.418. The second-order valence-corrected chi connectivity index (χ2v) is 2.66. The van der Waals surface area contributed by atoms with E-state index >= 15 is 0 Å². The molecule has 1 rings (SSSR count). The first-order chi connectivity index (χ1) is 6.15. The highest BCUT2D eigenvalue weighted by atomic mass is 19.2. The summed E-state index contributed by atoms with van der Waals surface area (Å²) in [7, 11) is 1.71. The fourth-order valence-electron chi connectivity index (χ4n) is 0.951. The number of hydrogen-bond acceptors (Lipinski definition) is 3. The lowest BCUT2D eigenvalue weighted by molar-refractivity contribution is 0.508. The van der Waals surface area contributed by atoms with Gasteiger partial charge in [-0.3, -0.25) is 5.84 Å². The van der Waals surface area contributed by atoms with E-state index in [2.05, 4.69) is 5.43 Å². The van der Waals surface area contributed by atoms with E-state index in [4.69, 9.17) is 5.84 Å². The van der Waals surface area contributed by atoms with Gasteiger partial charge in [-0.25, -0.2) is 14.2 Å². The maximum atomic E-state index is 12.7. The summed E-state index contributed by atoms with van der Waals surface area (Å²) >= 11 is 0. The SMILES string of the molecule is CN(CNN)c1ccc(F)c(F)c1. The van der Waals surface area contributed by atoms with Crippen LogP contribution in [0.3, 0.4) is 0 Å². The Morgan fingerprint density at radius 2 is 2.08 bits per heavy atom. The highest BCUT2D eigenvalue weighted by molar-refractivity contribution is 5.45. The maximum Gasteiger partial charge on any atom is 0.160 e. The fourth-order valence-corrected chi connectivity index (χ4v) is 0.951. The Morgan fingerprint density at radius 3 is 2.62 bits per heavy atom. The van der Waals surface area contributed by atoms with Crippen molar-refractivity contribution in [1.29, 1.82) is 0 Å². The first kappa shape index (κ1) is 9.88. The molecule has 0 atom stereocenters. The Morgan fingerprint density at radius 1 is 1.38 bits per heavy atom. The number of rotatable bonds is 3. The minimum absolute atomic E-state index is 0.366. The summed E-state index contributed by atoms with van der Waals surface area (Å²) in [5.74, 6) is 3.37. The van der Waals surface area contributed by atoms with E-state index < -0.39 is 11.6 Å². The van der Waals surface area contributed by atoms with Crippen LogP contribution < -0.4 is 16.2 Å². The molecule has 0 spiro atoms. The van der Waals surface area contributed by atoms with Crippen LogP contribution in [0.5, 0.6) is 0 Å². The maximum absolute atomic E-state index is 12.7. The van der Waals surface area contributed by atoms with E-state index in [1.165, 1.54) is 6.07 Å². The Bertz CT molecular complexity index is 291. The molecule has 0 amide bonds. The largest absolute Gasteiger partial charge is 0.361 e. The lowest BCUT2D eigenvalue weighted by atomic mass is 10.3. The number of halogens is 2. The normalized spacial score (nSPS) is 10.2. The highest BCUT2D eigenvalue weighted by Crippen LogP contribution is 2.15. The van der Waals surface area contributed by atoms with E-state index in [0.717, 1.165) is 12.1 Å². The van der Waals surface area contributed by atoms with Crippen LogP contribution in [0.2, 0.25) is 0 Å². The standard InChI is InChI=1S/C8H11F2N3/c1-13(5-12-11)6-2-3-7(9)8(10)4-6/h2-4,12H,5,11H2,1H3. The Kier molecular flexibility index (Phi) is 3.16. The molecule has 1 aromatic carbocycles. The van der Waals surface area contributed by atoms with Gasteiger partial charge in [-0.05, 0) is 12.1 Å². The number of hydrazine groups is 1. The number of anilines is 1. The van der Waals surface area contributed by atoms with Gasteiger partial charge in [-0.1, -0.05) is 0 Å². The van der Waals surface area contributed by atoms with Gasteiger partial charge in [-0.15, -0.1) is 0 Å². The van der Waals surface area contributed by atoms with Gasteiger partial charge in [0, 0.05) is 18.8 Å². The molecule has 5 heteroatoms. The molecule has 0 aliphatic rings. The van der Waals surface area contributed by atoms with Crippen molar-refractivity contribution < 1.29 is 8.78 Å². The van der Waals surface area contributed by atoms with Crippen molar-refractivity contribution in [2.75, 3.05) is 18.6 Å². The van der Waals surface area contributed by atoms with E-state index in [9.17, 15) is 8.78 Å². The van der Waals surface area contributed by atoms with Crippen LogP contribution in [-0.4, -0.2) is 13.7 Å². The van der Waals surface area contributed by atoms with E-state index in [0.29, 0.717) is 12.4 Å². The summed E-state index contributed by atoms with van der Waals surface area (Å²) in [6, 6.07) is 3.68. The van der Waals surface area contributed by atoms with Gasteiger partial charge in [-0.2, -0.15) is 0 Å². The topological polar surface area (TPSA) is 41.3 Å². The zero-order valence-electron chi connectivity index (χ0n) is 7.22. The van der Waals surface area contributed by atoms with Crippen molar-refractivity contribution in [1.82, 2.24) is 5.43 Å². The first-order valence-corrected chi connectivity index (χ1v) is 3.75. The molecular weight excluding hydrogens is 176 g/mol. The number of nitrogens with zero attached hydrogens (tertiary/aromatic N) is 1. The van der Waals surface area contributed by atoms with Gasteiger partial charge in [0.2, 0.25) is 0 Å². The van der Waals surface area contributed by atoms with Crippen LogP contribution in [0.4, 0.5) is 14.5 Å². The smallest absolute Gasteiger partial charge is 0.160 e. The molecule has 0 heterocycles. The second-order valence-electron chi connectivity index (χ2n) is 2.66. The zero-order valence-corrected chi connectivity index (χ0v) is 7.22. The molecule has 1 aromatic rings. The van der Waals surface area contributed by atoms with E-state index in [-0.39, 0.29) is 0 Å². The van der Waals surface area contributed by atoms with Crippen LogP contribution in [0.25, 0.3) is 0 Å². The monoisotopic (exact) mass is 187 g/mol. The summed E-state index contributed by atoms with van der Waals surface area (Å²) in [4.78, 5) is 1.66. The summed E-state index contributed by atoms with van der Waals surface area (Å²) < 4.78 is 25.2. The van der Waals surface area contributed by atoms with Crippen molar-refractivity contribution in [2.24, 2.45) is 5.84 Å². The van der Waals surface area contributed by atoms with Gasteiger partial charge in [0.05, 0.1) is 6.67 Å². The third-order valence-electron chi connectivity index (χ3n) is 1.67. The predicted molar refractivity (Wildman–Crippen MR) is 47.0 cm³/mol. The van der Waals surface area contributed by atoms with Crippen LogP contribution in [0, 0.1) is 11.6 Å². The van der Waals surface area contributed by atoms with Crippen molar-refractivity contribution in [3.8, 4) is 0 Å². The average molecular weight is 187 g/mol. The summed E-state index contributed by atoms with van der Waals surface area (Å²) in [5.41, 5.74) is 2.98. The molecular formula is C8H11F2N3. The minimum atomic E-state index is -0.860. The molecule has 0 radical (unpaired) electrons. The van der Waals surface area contributed by atoms with E-state index in [1.54, 1.807) is 11.9 Å². The molecule has 72 valence electrons. The Hall–Kier alpha value is -1.20. The number of hydrogen-bond donors (Lipinski definition) is 2. The highest BCUT2D eigenvalue weighted by Gasteiger charge is 2.04. The molecule has 0 bridgehead atoms. The van der Waals surface area contributed by atoms with Crippen molar-refractivity contribution in [2.45, 2.75) is 0 Å². The molecule has 0 aliphatic heterocycles. The van der Waals surface area contributed by atoms with Crippen LogP contribution in [0.1, 0.15) is 0 Å². The lowest BCUT2D eigenvalue weighted by Gasteiger charge is -2.18. The van der Waals surface area contributed by atoms with Gasteiger partial charge in [0.1, 0.15) is 0 Å². The Labute approximate surface area is 75.1 Å². The van der Waals surface area contributed by atoms with Crippen molar-refractivity contribution in [3.05, 3.63) is 29.8 Å². The average Bonchev–Trinajstić information content (AvgIpc) is 2.10. The second kappa shape index (κ2) is 4.15. The molecule has 0 aromatic heterocycles. The van der Waals surface area contributed by atoms with Crippen LogP contribution in [-0.2, 0) is 0 Å². The van der Waals surface area contributed by atoms with Crippen molar-refractivity contribution in [3.63, 3.8) is 0 Å². The molecule has 0 aliphatic carbocycles. The first-order valence-electron chi connectivity index (χ1n) is 3.75. The summed E-state index contributed by atoms with van der Waals surface area (Å²) in [6.45, 7) is 0.366. The molecule has 0 fully saturated rings. The number of nitrogens with two attached hydrogens (primary N) is 1. The summed E-state index contributed by atoms with van der Waals surface area (Å²) in [6.07, 6.45) is 0. The third kappa shape index (κ3) is 2.37. The molecule has 0 unspecified atom stereocenters. The zero-order chi connectivity index (χ0) is 9.84. The van der Waals surface area contributed by atoms with Crippen molar-refractivity contribution >= 4 is 5.69 Å². The van der Waals surface area contributed by atoms with E-state index in [1.807, 2.05) is 0 Å². The Balaban J connectivity index is 2.84. The molecule has 0 saturated carbocycles. The fraction of sp³-hybridized carbons (Fsp3) is 0.250. The van der Waals surface area contributed by atoms with Crippen LogP contribution in [0.15, 0.2) is 18.2 Å². The molecule has 13 heavy (non-hydrogen) atoms. The minimum Gasteiger partial charge on any atom is -0.361 e. The van der Waals surface area contributed by atoms with Gasteiger partial charge in [0.15, 0.2) is 11.6 Å². The molecule has 0 saturated heterocycles. The van der Waals surface area contributed by atoms with Gasteiger partial charge < -0.3 is 4.90 Å². The number of benzene rings is 1. The number of nitrogens with one attached hydrogen (secondary N) is 1. The molecule has 3 N–H and O–H groups in total. The lowest BCUT2D eigenvalue weighted by Crippen LogP contribution is -2.35. The van der Waals surface area contributed by atoms with Gasteiger partial charge in [0.25, 0.3) is 0 Å². The van der Waals surface area contributed by atoms with Crippen LogP contribution >= 0.6 is 0 Å². The summed E-state index contributed by atoms with van der Waals surface area (Å²) in [5, 5.41) is 0.